The highest BCUT2D eigenvalue weighted by Crippen LogP contribution is 2.14. The largest absolute Gasteiger partial charge is 0.452 e. The molecule has 9 nitrogen and oxygen atoms in total. The molecule has 25 heavy (non-hydrogen) atoms. The molecule has 0 unspecified atom stereocenters. The minimum Gasteiger partial charge on any atom is -0.452 e. The molecule has 1 aliphatic rings. The molecular formula is C15H18N4O5S. The first kappa shape index (κ1) is 17.3. The van der Waals surface area contributed by atoms with E-state index in [1.54, 1.807) is 22.9 Å². The Morgan fingerprint density at radius 2 is 2.20 bits per heavy atom. The van der Waals surface area contributed by atoms with Crippen LogP contribution in [0.1, 0.15) is 23.7 Å². The van der Waals surface area contributed by atoms with E-state index in [1.165, 1.54) is 0 Å². The molecule has 0 spiro atoms. The minimum absolute atomic E-state index is 0.0657. The number of benzene rings is 1. The monoisotopic (exact) mass is 366 g/mol. The Morgan fingerprint density at radius 1 is 1.40 bits per heavy atom. The van der Waals surface area contributed by atoms with Gasteiger partial charge < -0.3 is 10.1 Å². The third kappa shape index (κ3) is 3.95. The molecular weight excluding hydrogens is 348 g/mol. The molecule has 1 amide bonds. The summed E-state index contributed by atoms with van der Waals surface area (Å²) in [6, 6.07) is 4.44. The molecule has 1 atom stereocenters. The summed E-state index contributed by atoms with van der Waals surface area (Å²) in [6.07, 6.45) is 0.381. The van der Waals surface area contributed by atoms with Gasteiger partial charge in [-0.2, -0.15) is 0 Å². The SMILES string of the molecule is CCn1nnc2cc(C(=O)OCC(=O)N[C@@H]3CCS(=O)(=O)C3)ccc21. The van der Waals surface area contributed by atoms with Crippen LogP contribution >= 0.6 is 0 Å². The fourth-order valence-electron chi connectivity index (χ4n) is 2.73. The summed E-state index contributed by atoms with van der Waals surface area (Å²) < 4.78 is 29.4. The fraction of sp³-hybridized carbons (Fsp3) is 0.467. The van der Waals surface area contributed by atoms with E-state index in [-0.39, 0.29) is 17.1 Å². The van der Waals surface area contributed by atoms with Gasteiger partial charge in [-0.05, 0) is 31.5 Å². The van der Waals surface area contributed by atoms with Crippen molar-refractivity contribution in [2.24, 2.45) is 0 Å². The lowest BCUT2D eigenvalue weighted by Gasteiger charge is -2.11. The predicted molar refractivity (Wildman–Crippen MR) is 88.7 cm³/mol. The quantitative estimate of drug-likeness (QED) is 0.734. The highest BCUT2D eigenvalue weighted by Gasteiger charge is 2.29. The van der Waals surface area contributed by atoms with Crippen LogP contribution < -0.4 is 5.32 Å². The first-order valence-electron chi connectivity index (χ1n) is 7.88. The smallest absolute Gasteiger partial charge is 0.338 e. The van der Waals surface area contributed by atoms with Crippen LogP contribution in [-0.2, 0) is 25.9 Å². The van der Waals surface area contributed by atoms with Crippen molar-refractivity contribution >= 4 is 32.7 Å². The molecule has 1 saturated heterocycles. The van der Waals surface area contributed by atoms with Crippen LogP contribution in [0.3, 0.4) is 0 Å². The molecule has 1 aromatic heterocycles. The third-order valence-electron chi connectivity index (χ3n) is 3.98. The summed E-state index contributed by atoms with van der Waals surface area (Å²) in [5.41, 5.74) is 1.64. The van der Waals surface area contributed by atoms with E-state index < -0.39 is 34.4 Å². The van der Waals surface area contributed by atoms with Gasteiger partial charge in [0.05, 0.1) is 22.6 Å². The van der Waals surface area contributed by atoms with E-state index in [0.29, 0.717) is 18.5 Å². The first-order chi connectivity index (χ1) is 11.9. The summed E-state index contributed by atoms with van der Waals surface area (Å²) in [5, 5.41) is 10.5. The maximum atomic E-state index is 12.1. The Kier molecular flexibility index (Phi) is 4.71. The lowest BCUT2D eigenvalue weighted by Crippen LogP contribution is -2.38. The number of amides is 1. The fourth-order valence-corrected chi connectivity index (χ4v) is 4.40. The zero-order valence-electron chi connectivity index (χ0n) is 13.6. The normalized spacial score (nSPS) is 19.0. The van der Waals surface area contributed by atoms with Gasteiger partial charge in [0.25, 0.3) is 5.91 Å². The maximum Gasteiger partial charge on any atom is 0.338 e. The molecule has 1 aromatic carbocycles. The average Bonchev–Trinajstić information content (AvgIpc) is 3.14. The zero-order chi connectivity index (χ0) is 18.0. The van der Waals surface area contributed by atoms with Gasteiger partial charge in [-0.1, -0.05) is 5.21 Å². The third-order valence-corrected chi connectivity index (χ3v) is 5.75. The summed E-state index contributed by atoms with van der Waals surface area (Å²) in [7, 11) is -3.07. The maximum absolute atomic E-state index is 12.1. The molecule has 134 valence electrons. The van der Waals surface area contributed by atoms with Crippen molar-refractivity contribution in [1.82, 2.24) is 20.3 Å². The molecule has 0 bridgehead atoms. The lowest BCUT2D eigenvalue weighted by molar-refractivity contribution is -0.124. The van der Waals surface area contributed by atoms with E-state index in [9.17, 15) is 18.0 Å². The average molecular weight is 366 g/mol. The number of fused-ring (bicyclic) bond motifs is 1. The Balaban J connectivity index is 1.56. The Morgan fingerprint density at radius 3 is 2.88 bits per heavy atom. The molecule has 1 N–H and O–H groups in total. The van der Waals surface area contributed by atoms with Crippen LogP contribution in [0.2, 0.25) is 0 Å². The lowest BCUT2D eigenvalue weighted by atomic mass is 10.2. The molecule has 10 heteroatoms. The van der Waals surface area contributed by atoms with Gasteiger partial charge in [0.15, 0.2) is 16.4 Å². The van der Waals surface area contributed by atoms with Crippen LogP contribution in [0.15, 0.2) is 18.2 Å². The summed E-state index contributed by atoms with van der Waals surface area (Å²) in [6.45, 7) is 2.14. The second-order valence-electron chi connectivity index (χ2n) is 5.85. The predicted octanol–water partition coefficient (Wildman–Crippen LogP) is -0.0887. The number of aromatic nitrogens is 3. The van der Waals surface area contributed by atoms with Crippen molar-refractivity contribution in [2.45, 2.75) is 25.9 Å². The molecule has 2 heterocycles. The summed E-state index contributed by atoms with van der Waals surface area (Å²) in [4.78, 5) is 23.8. The van der Waals surface area contributed by atoms with Gasteiger partial charge in [-0.25, -0.2) is 17.9 Å². The van der Waals surface area contributed by atoms with Crippen molar-refractivity contribution in [3.05, 3.63) is 23.8 Å². The molecule has 2 aromatic rings. The highest BCUT2D eigenvalue weighted by molar-refractivity contribution is 7.91. The molecule has 0 aliphatic carbocycles. The molecule has 0 radical (unpaired) electrons. The van der Waals surface area contributed by atoms with Crippen molar-refractivity contribution < 1.29 is 22.7 Å². The van der Waals surface area contributed by atoms with Crippen LogP contribution in [0, 0.1) is 0 Å². The highest BCUT2D eigenvalue weighted by atomic mass is 32.2. The van der Waals surface area contributed by atoms with Gasteiger partial charge >= 0.3 is 5.97 Å². The van der Waals surface area contributed by atoms with Gasteiger partial charge in [0, 0.05) is 12.6 Å². The number of hydrogen-bond donors (Lipinski definition) is 1. The van der Waals surface area contributed by atoms with Crippen molar-refractivity contribution in [1.29, 1.82) is 0 Å². The topological polar surface area (TPSA) is 120 Å². The minimum atomic E-state index is -3.07. The number of sulfone groups is 1. The number of nitrogens with one attached hydrogen (secondary N) is 1. The summed E-state index contributed by atoms with van der Waals surface area (Å²) in [5.74, 6) is -1.18. The molecule has 1 fully saturated rings. The van der Waals surface area contributed by atoms with Crippen molar-refractivity contribution in [3.63, 3.8) is 0 Å². The number of esters is 1. The number of rotatable bonds is 5. The Bertz CT molecular complexity index is 921. The van der Waals surface area contributed by atoms with Crippen molar-refractivity contribution in [2.75, 3.05) is 18.1 Å². The van der Waals surface area contributed by atoms with Gasteiger partial charge in [-0.3, -0.25) is 4.79 Å². The second kappa shape index (κ2) is 6.79. The van der Waals surface area contributed by atoms with E-state index >= 15 is 0 Å². The van der Waals surface area contributed by atoms with E-state index in [1.807, 2.05) is 6.92 Å². The number of nitrogens with zero attached hydrogens (tertiary/aromatic N) is 3. The number of carbonyl (C=O) groups excluding carboxylic acids is 2. The molecule has 0 saturated carbocycles. The van der Waals surface area contributed by atoms with Gasteiger partial charge in [0.1, 0.15) is 5.52 Å². The van der Waals surface area contributed by atoms with Crippen LogP contribution in [0.5, 0.6) is 0 Å². The Hall–Kier alpha value is -2.49. The molecule has 1 aliphatic heterocycles. The second-order valence-corrected chi connectivity index (χ2v) is 8.08. The van der Waals surface area contributed by atoms with Crippen LogP contribution in [-0.4, -0.2) is 59.4 Å². The molecule has 3 rings (SSSR count). The standard InChI is InChI=1S/C15H18N4O5S/c1-2-19-13-4-3-10(7-12(13)17-18-19)15(21)24-8-14(20)16-11-5-6-25(22,23)9-11/h3-4,7,11H,2,5-6,8-9H2,1H3,(H,16,20)/t11-/m1/s1. The Labute approximate surface area is 144 Å². The number of carbonyl (C=O) groups is 2. The van der Waals surface area contributed by atoms with E-state index in [0.717, 1.165) is 5.52 Å². The number of hydrogen-bond acceptors (Lipinski definition) is 7. The van der Waals surface area contributed by atoms with E-state index in [2.05, 4.69) is 15.6 Å². The van der Waals surface area contributed by atoms with Crippen LogP contribution in [0.25, 0.3) is 11.0 Å². The number of ether oxygens (including phenoxy) is 1. The summed E-state index contributed by atoms with van der Waals surface area (Å²) >= 11 is 0. The van der Waals surface area contributed by atoms with Crippen molar-refractivity contribution in [3.8, 4) is 0 Å². The first-order valence-corrected chi connectivity index (χ1v) is 9.70. The van der Waals surface area contributed by atoms with Gasteiger partial charge in [-0.15, -0.1) is 5.10 Å². The van der Waals surface area contributed by atoms with E-state index in [4.69, 9.17) is 4.74 Å². The van der Waals surface area contributed by atoms with Crippen LogP contribution in [0.4, 0.5) is 0 Å². The van der Waals surface area contributed by atoms with Gasteiger partial charge in [0.2, 0.25) is 0 Å². The number of aryl methyl sites for hydroxylation is 1. The zero-order valence-corrected chi connectivity index (χ0v) is 14.5.